The van der Waals surface area contributed by atoms with Crippen LogP contribution in [0.5, 0.6) is 0 Å². The van der Waals surface area contributed by atoms with E-state index in [-0.39, 0.29) is 36.1 Å². The van der Waals surface area contributed by atoms with Crippen LogP contribution in [0.1, 0.15) is 47.4 Å². The summed E-state index contributed by atoms with van der Waals surface area (Å²) in [7, 11) is 0. The van der Waals surface area contributed by atoms with Gasteiger partial charge in [-0.25, -0.2) is 0 Å². The Labute approximate surface area is 141 Å². The average molecular weight is 332 g/mol. The van der Waals surface area contributed by atoms with Gasteiger partial charge in [-0.15, -0.1) is 0 Å². The quantitative estimate of drug-likeness (QED) is 0.876. The molecule has 0 aliphatic carbocycles. The summed E-state index contributed by atoms with van der Waals surface area (Å²) >= 11 is 0. The van der Waals surface area contributed by atoms with Crippen molar-refractivity contribution in [2.24, 2.45) is 0 Å². The van der Waals surface area contributed by atoms with Crippen molar-refractivity contribution in [1.82, 2.24) is 10.6 Å². The van der Waals surface area contributed by atoms with Gasteiger partial charge in [0.1, 0.15) is 0 Å². The Hall–Kier alpha value is -1.92. The molecule has 0 aromatic heterocycles. The van der Waals surface area contributed by atoms with E-state index in [1.807, 2.05) is 13.8 Å². The summed E-state index contributed by atoms with van der Waals surface area (Å²) in [4.78, 5) is 24.5. The molecule has 24 heavy (non-hydrogen) atoms. The van der Waals surface area contributed by atoms with E-state index >= 15 is 0 Å². The summed E-state index contributed by atoms with van der Waals surface area (Å²) in [6.07, 6.45) is 1.73. The summed E-state index contributed by atoms with van der Waals surface area (Å²) < 4.78 is 10.9. The third-order valence-corrected chi connectivity index (χ3v) is 4.79. The molecule has 2 heterocycles. The zero-order chi connectivity index (χ0) is 17.1. The molecule has 6 nitrogen and oxygen atoms in total. The molecule has 1 aromatic carbocycles. The number of amides is 2. The van der Waals surface area contributed by atoms with E-state index in [1.165, 1.54) is 0 Å². The van der Waals surface area contributed by atoms with E-state index in [9.17, 15) is 9.59 Å². The first-order valence-electron chi connectivity index (χ1n) is 8.49. The lowest BCUT2D eigenvalue weighted by Crippen LogP contribution is -2.39. The second-order valence-electron chi connectivity index (χ2n) is 6.47. The molecular weight excluding hydrogens is 308 g/mol. The number of rotatable bonds is 4. The SMILES string of the molecule is C[C@@H]1OCC[C@@H]1NC(=O)c1ccc(C(=O)N[C@H]2CCO[C@@H]2C)cc1. The molecule has 2 aliphatic heterocycles. The van der Waals surface area contributed by atoms with Crippen LogP contribution in [0, 0.1) is 0 Å². The van der Waals surface area contributed by atoms with Gasteiger partial charge in [0.15, 0.2) is 0 Å². The lowest BCUT2D eigenvalue weighted by Gasteiger charge is -2.17. The van der Waals surface area contributed by atoms with Gasteiger partial charge in [-0.1, -0.05) is 0 Å². The maximum absolute atomic E-state index is 12.3. The molecule has 2 N–H and O–H groups in total. The zero-order valence-electron chi connectivity index (χ0n) is 14.1. The molecule has 3 rings (SSSR count). The Kier molecular flexibility index (Phi) is 5.16. The summed E-state index contributed by atoms with van der Waals surface area (Å²) in [5.74, 6) is -0.274. The number of ether oxygens (including phenoxy) is 2. The lowest BCUT2D eigenvalue weighted by atomic mass is 10.1. The van der Waals surface area contributed by atoms with Crippen LogP contribution in [0.2, 0.25) is 0 Å². The second kappa shape index (κ2) is 7.32. The fraction of sp³-hybridized carbons (Fsp3) is 0.556. The lowest BCUT2D eigenvalue weighted by molar-refractivity contribution is 0.0858. The van der Waals surface area contributed by atoms with Gasteiger partial charge in [-0.3, -0.25) is 9.59 Å². The third kappa shape index (κ3) is 3.76. The molecule has 0 bridgehead atoms. The van der Waals surface area contributed by atoms with Crippen molar-refractivity contribution in [2.45, 2.75) is 51.0 Å². The van der Waals surface area contributed by atoms with Gasteiger partial charge in [-0.05, 0) is 51.0 Å². The molecule has 2 aliphatic rings. The molecular formula is C18H24N2O4. The third-order valence-electron chi connectivity index (χ3n) is 4.79. The van der Waals surface area contributed by atoms with Crippen molar-refractivity contribution in [2.75, 3.05) is 13.2 Å². The Balaban J connectivity index is 1.58. The highest BCUT2D eigenvalue weighted by Gasteiger charge is 2.27. The number of hydrogen-bond donors (Lipinski definition) is 2. The topological polar surface area (TPSA) is 76.7 Å². The van der Waals surface area contributed by atoms with E-state index in [2.05, 4.69) is 10.6 Å². The summed E-state index contributed by atoms with van der Waals surface area (Å²) in [5, 5.41) is 5.95. The van der Waals surface area contributed by atoms with Crippen LogP contribution in [0.4, 0.5) is 0 Å². The van der Waals surface area contributed by atoms with Crippen molar-refractivity contribution >= 4 is 11.8 Å². The zero-order valence-corrected chi connectivity index (χ0v) is 14.1. The van der Waals surface area contributed by atoms with Crippen molar-refractivity contribution in [3.05, 3.63) is 35.4 Å². The minimum atomic E-state index is -0.137. The molecule has 6 heteroatoms. The predicted octanol–water partition coefficient (Wildman–Crippen LogP) is 1.50. The minimum Gasteiger partial charge on any atom is -0.376 e. The number of nitrogens with one attached hydrogen (secondary N) is 2. The van der Waals surface area contributed by atoms with Gasteiger partial charge in [0.05, 0.1) is 24.3 Å². The van der Waals surface area contributed by atoms with Gasteiger partial charge in [-0.2, -0.15) is 0 Å². The van der Waals surface area contributed by atoms with E-state index < -0.39 is 0 Å². The van der Waals surface area contributed by atoms with Crippen molar-refractivity contribution < 1.29 is 19.1 Å². The number of benzene rings is 1. The van der Waals surface area contributed by atoms with Crippen LogP contribution >= 0.6 is 0 Å². The second-order valence-corrected chi connectivity index (χ2v) is 6.47. The highest BCUT2D eigenvalue weighted by Crippen LogP contribution is 2.15. The van der Waals surface area contributed by atoms with Gasteiger partial charge in [0, 0.05) is 24.3 Å². The summed E-state index contributed by atoms with van der Waals surface area (Å²) in [6.45, 7) is 5.27. The van der Waals surface area contributed by atoms with Crippen molar-refractivity contribution in [3.8, 4) is 0 Å². The van der Waals surface area contributed by atoms with Crippen molar-refractivity contribution in [3.63, 3.8) is 0 Å². The molecule has 0 saturated carbocycles. The van der Waals surface area contributed by atoms with Crippen LogP contribution in [0.25, 0.3) is 0 Å². The van der Waals surface area contributed by atoms with Crippen molar-refractivity contribution in [1.29, 1.82) is 0 Å². The monoisotopic (exact) mass is 332 g/mol. The van der Waals surface area contributed by atoms with E-state index in [0.29, 0.717) is 24.3 Å². The smallest absolute Gasteiger partial charge is 0.251 e. The Morgan fingerprint density at radius 2 is 1.21 bits per heavy atom. The Morgan fingerprint density at radius 3 is 1.50 bits per heavy atom. The number of carbonyl (C=O) groups is 2. The maximum Gasteiger partial charge on any atom is 0.251 e. The fourth-order valence-corrected chi connectivity index (χ4v) is 3.12. The summed E-state index contributed by atoms with van der Waals surface area (Å²) in [5.41, 5.74) is 1.09. The van der Waals surface area contributed by atoms with Gasteiger partial charge < -0.3 is 20.1 Å². The first-order chi connectivity index (χ1) is 11.5. The highest BCUT2D eigenvalue weighted by atomic mass is 16.5. The Bertz CT molecular complexity index is 549. The van der Waals surface area contributed by atoms with E-state index in [4.69, 9.17) is 9.47 Å². The molecule has 0 spiro atoms. The molecule has 2 fully saturated rings. The molecule has 4 atom stereocenters. The first kappa shape index (κ1) is 16.9. The molecule has 0 radical (unpaired) electrons. The van der Waals surface area contributed by atoms with Crippen LogP contribution in [-0.4, -0.2) is 49.3 Å². The molecule has 0 unspecified atom stereocenters. The number of carbonyl (C=O) groups excluding carboxylic acids is 2. The van der Waals surface area contributed by atoms with Crippen LogP contribution < -0.4 is 10.6 Å². The normalized spacial score (nSPS) is 29.4. The molecule has 2 saturated heterocycles. The van der Waals surface area contributed by atoms with Gasteiger partial charge in [0.25, 0.3) is 11.8 Å². The summed E-state index contributed by atoms with van der Waals surface area (Å²) in [6, 6.07) is 6.81. The molecule has 130 valence electrons. The van der Waals surface area contributed by atoms with Crippen LogP contribution in [-0.2, 0) is 9.47 Å². The predicted molar refractivity (Wildman–Crippen MR) is 89.0 cm³/mol. The van der Waals surface area contributed by atoms with Crippen LogP contribution in [0.15, 0.2) is 24.3 Å². The maximum atomic E-state index is 12.3. The molecule has 2 amide bonds. The number of hydrogen-bond acceptors (Lipinski definition) is 4. The Morgan fingerprint density at radius 1 is 0.833 bits per heavy atom. The first-order valence-corrected chi connectivity index (χ1v) is 8.49. The fourth-order valence-electron chi connectivity index (χ4n) is 3.12. The standard InChI is InChI=1S/C18H24N2O4/c1-11-15(7-9-23-11)19-17(21)13-3-5-14(6-4-13)18(22)20-16-8-10-24-12(16)2/h3-6,11-12,15-16H,7-10H2,1-2H3,(H,19,21)(H,20,22)/t11-,12+,15-,16-/m0/s1. The van der Waals surface area contributed by atoms with Crippen LogP contribution in [0.3, 0.4) is 0 Å². The molecule has 1 aromatic rings. The highest BCUT2D eigenvalue weighted by molar-refractivity contribution is 5.98. The minimum absolute atomic E-state index is 0.0367. The van der Waals surface area contributed by atoms with E-state index in [1.54, 1.807) is 24.3 Å². The average Bonchev–Trinajstić information content (AvgIpc) is 3.16. The van der Waals surface area contributed by atoms with Gasteiger partial charge in [0.2, 0.25) is 0 Å². The largest absolute Gasteiger partial charge is 0.376 e. The van der Waals surface area contributed by atoms with Gasteiger partial charge >= 0.3 is 0 Å². The van der Waals surface area contributed by atoms with E-state index in [0.717, 1.165) is 12.8 Å².